The molecule has 0 heterocycles. The van der Waals surface area contributed by atoms with Crippen molar-refractivity contribution in [3.63, 3.8) is 0 Å². The molecule has 0 spiro atoms. The Morgan fingerprint density at radius 1 is 1.28 bits per heavy atom. The second-order valence-corrected chi connectivity index (χ2v) is 5.80. The number of ketones is 1. The lowest BCUT2D eigenvalue weighted by Gasteiger charge is -2.26. The average Bonchev–Trinajstić information content (AvgIpc) is 2.36. The summed E-state index contributed by atoms with van der Waals surface area (Å²) in [7, 11) is 1.30. The van der Waals surface area contributed by atoms with Gasteiger partial charge >= 0.3 is 5.97 Å². The van der Waals surface area contributed by atoms with E-state index in [9.17, 15) is 9.59 Å². The predicted molar refractivity (Wildman–Crippen MR) is 74.3 cm³/mol. The first-order valence-electron chi connectivity index (χ1n) is 5.33. The lowest BCUT2D eigenvalue weighted by molar-refractivity contribution is -0.150. The minimum Gasteiger partial charge on any atom is -0.469 e. The minimum absolute atomic E-state index is 0.179. The standard InChI is InChI=1S/C13H14BrClO3/c1-13(2,12(17)18-3)11(14)10(16)8-4-6-9(15)7-5-8/h4-7,11H,1-3H3. The van der Waals surface area contributed by atoms with Crippen LogP contribution in [0.1, 0.15) is 24.2 Å². The minimum atomic E-state index is -0.939. The summed E-state index contributed by atoms with van der Waals surface area (Å²) < 4.78 is 4.70. The van der Waals surface area contributed by atoms with Crippen LogP contribution in [0.3, 0.4) is 0 Å². The van der Waals surface area contributed by atoms with Gasteiger partial charge in [0.15, 0.2) is 5.78 Å². The Labute approximate surface area is 120 Å². The van der Waals surface area contributed by atoms with Gasteiger partial charge < -0.3 is 4.74 Å². The molecule has 0 fully saturated rings. The van der Waals surface area contributed by atoms with E-state index in [0.717, 1.165) is 0 Å². The van der Waals surface area contributed by atoms with Crippen LogP contribution in [0, 0.1) is 5.41 Å². The monoisotopic (exact) mass is 332 g/mol. The molecule has 1 unspecified atom stereocenters. The van der Waals surface area contributed by atoms with Gasteiger partial charge in [0.05, 0.1) is 17.4 Å². The number of rotatable bonds is 4. The van der Waals surface area contributed by atoms with Crippen LogP contribution in [0.2, 0.25) is 5.02 Å². The molecule has 0 N–H and O–H groups in total. The van der Waals surface area contributed by atoms with Gasteiger partial charge in [0.2, 0.25) is 0 Å². The maximum atomic E-state index is 12.2. The molecule has 98 valence electrons. The Balaban J connectivity index is 2.97. The quantitative estimate of drug-likeness (QED) is 0.481. The van der Waals surface area contributed by atoms with Gasteiger partial charge in [-0.1, -0.05) is 27.5 Å². The molecule has 1 aromatic rings. The van der Waals surface area contributed by atoms with Crippen molar-refractivity contribution >= 4 is 39.3 Å². The molecule has 1 atom stereocenters. The van der Waals surface area contributed by atoms with Gasteiger partial charge in [0.1, 0.15) is 0 Å². The van der Waals surface area contributed by atoms with Crippen molar-refractivity contribution in [3.8, 4) is 0 Å². The van der Waals surface area contributed by atoms with Crippen LogP contribution in [0.25, 0.3) is 0 Å². The van der Waals surface area contributed by atoms with E-state index in [0.29, 0.717) is 10.6 Å². The third kappa shape index (κ3) is 3.12. The van der Waals surface area contributed by atoms with E-state index in [4.69, 9.17) is 16.3 Å². The van der Waals surface area contributed by atoms with Crippen LogP contribution in [-0.2, 0) is 9.53 Å². The van der Waals surface area contributed by atoms with E-state index in [1.807, 2.05) is 0 Å². The third-order valence-electron chi connectivity index (χ3n) is 2.70. The summed E-state index contributed by atoms with van der Waals surface area (Å²) in [4.78, 5) is 23.2. The normalized spacial score (nSPS) is 12.9. The van der Waals surface area contributed by atoms with Crippen molar-refractivity contribution in [2.75, 3.05) is 7.11 Å². The van der Waals surface area contributed by atoms with Crippen LogP contribution in [0.15, 0.2) is 24.3 Å². The van der Waals surface area contributed by atoms with E-state index >= 15 is 0 Å². The first kappa shape index (κ1) is 15.2. The Morgan fingerprint density at radius 3 is 2.22 bits per heavy atom. The topological polar surface area (TPSA) is 43.4 Å². The van der Waals surface area contributed by atoms with E-state index in [1.165, 1.54) is 7.11 Å². The first-order chi connectivity index (χ1) is 8.30. The predicted octanol–water partition coefficient (Wildman–Crippen LogP) is 3.49. The van der Waals surface area contributed by atoms with E-state index in [1.54, 1.807) is 38.1 Å². The molecule has 0 bridgehead atoms. The second-order valence-electron chi connectivity index (χ2n) is 4.45. The number of Topliss-reactive ketones (excluding diaryl/α,β-unsaturated/α-hetero) is 1. The lowest BCUT2D eigenvalue weighted by atomic mass is 9.85. The van der Waals surface area contributed by atoms with Gasteiger partial charge in [-0.05, 0) is 38.1 Å². The Hall–Kier alpha value is -0.870. The van der Waals surface area contributed by atoms with Crippen LogP contribution >= 0.6 is 27.5 Å². The highest BCUT2D eigenvalue weighted by molar-refractivity contribution is 9.10. The van der Waals surface area contributed by atoms with Crippen LogP contribution < -0.4 is 0 Å². The molecular formula is C13H14BrClO3. The molecule has 0 amide bonds. The van der Waals surface area contributed by atoms with Crippen LogP contribution in [0.5, 0.6) is 0 Å². The molecule has 0 aliphatic carbocycles. The smallest absolute Gasteiger partial charge is 0.312 e. The summed E-state index contributed by atoms with van der Waals surface area (Å²) in [6.45, 7) is 3.32. The summed E-state index contributed by atoms with van der Waals surface area (Å²) in [5.41, 5.74) is -0.441. The average molecular weight is 334 g/mol. The molecule has 0 aliphatic rings. The fourth-order valence-corrected chi connectivity index (χ4v) is 2.03. The summed E-state index contributed by atoms with van der Waals surface area (Å²) in [6, 6.07) is 6.54. The molecule has 0 aromatic heterocycles. The van der Waals surface area contributed by atoms with Crippen molar-refractivity contribution in [1.82, 2.24) is 0 Å². The number of carbonyl (C=O) groups is 2. The van der Waals surface area contributed by atoms with Gasteiger partial charge in [0.25, 0.3) is 0 Å². The Morgan fingerprint density at radius 2 is 1.78 bits per heavy atom. The van der Waals surface area contributed by atoms with Crippen molar-refractivity contribution in [1.29, 1.82) is 0 Å². The van der Waals surface area contributed by atoms with Gasteiger partial charge in [-0.2, -0.15) is 0 Å². The number of methoxy groups -OCH3 is 1. The number of halogens is 2. The SMILES string of the molecule is COC(=O)C(C)(C)C(Br)C(=O)c1ccc(Cl)cc1. The number of benzene rings is 1. The molecule has 5 heteroatoms. The zero-order valence-electron chi connectivity index (χ0n) is 10.4. The fraction of sp³-hybridized carbons (Fsp3) is 0.385. The molecule has 0 radical (unpaired) electrons. The number of hydrogen-bond donors (Lipinski definition) is 0. The summed E-state index contributed by atoms with van der Waals surface area (Å²) in [6.07, 6.45) is 0. The van der Waals surface area contributed by atoms with Crippen LogP contribution in [-0.4, -0.2) is 23.7 Å². The zero-order valence-corrected chi connectivity index (χ0v) is 12.7. The number of hydrogen-bond acceptors (Lipinski definition) is 3. The molecular weight excluding hydrogens is 319 g/mol. The van der Waals surface area contributed by atoms with Crippen LogP contribution in [0.4, 0.5) is 0 Å². The van der Waals surface area contributed by atoms with Gasteiger partial charge in [0, 0.05) is 10.6 Å². The number of ether oxygens (including phenoxy) is 1. The maximum Gasteiger partial charge on any atom is 0.312 e. The Bertz CT molecular complexity index is 454. The molecule has 1 aromatic carbocycles. The van der Waals surface area contributed by atoms with Crippen molar-refractivity contribution in [2.45, 2.75) is 18.7 Å². The van der Waals surface area contributed by atoms with E-state index < -0.39 is 16.2 Å². The van der Waals surface area contributed by atoms with Gasteiger partial charge in [-0.3, -0.25) is 9.59 Å². The van der Waals surface area contributed by atoms with Crippen molar-refractivity contribution in [3.05, 3.63) is 34.9 Å². The second kappa shape index (κ2) is 5.85. The lowest BCUT2D eigenvalue weighted by Crippen LogP contribution is -2.39. The summed E-state index contributed by atoms with van der Waals surface area (Å²) in [5, 5.41) is 0.560. The molecule has 0 aliphatic heterocycles. The molecule has 18 heavy (non-hydrogen) atoms. The first-order valence-corrected chi connectivity index (χ1v) is 6.62. The molecule has 1 rings (SSSR count). The molecule has 0 saturated heterocycles. The van der Waals surface area contributed by atoms with E-state index in [2.05, 4.69) is 15.9 Å². The fourth-order valence-electron chi connectivity index (χ4n) is 1.45. The summed E-state index contributed by atoms with van der Waals surface area (Å²) in [5.74, 6) is -0.617. The summed E-state index contributed by atoms with van der Waals surface area (Å²) >= 11 is 9.04. The third-order valence-corrected chi connectivity index (χ3v) is 4.52. The number of esters is 1. The maximum absolute atomic E-state index is 12.2. The van der Waals surface area contributed by atoms with Gasteiger partial charge in [-0.15, -0.1) is 0 Å². The molecule has 0 saturated carbocycles. The van der Waals surface area contributed by atoms with E-state index in [-0.39, 0.29) is 5.78 Å². The van der Waals surface area contributed by atoms with Gasteiger partial charge in [-0.25, -0.2) is 0 Å². The number of alkyl halides is 1. The Kier molecular flexibility index (Phi) is 4.93. The number of carbonyl (C=O) groups excluding carboxylic acids is 2. The van der Waals surface area contributed by atoms with Crippen molar-refractivity contribution < 1.29 is 14.3 Å². The molecule has 3 nitrogen and oxygen atoms in total. The highest BCUT2D eigenvalue weighted by Gasteiger charge is 2.40. The van der Waals surface area contributed by atoms with Crippen molar-refractivity contribution in [2.24, 2.45) is 5.41 Å². The highest BCUT2D eigenvalue weighted by Crippen LogP contribution is 2.31. The zero-order chi connectivity index (χ0) is 13.9. The highest BCUT2D eigenvalue weighted by atomic mass is 79.9. The largest absolute Gasteiger partial charge is 0.469 e.